The van der Waals surface area contributed by atoms with Crippen LogP contribution in [0.15, 0.2) is 78.9 Å². The third-order valence-corrected chi connectivity index (χ3v) is 6.81. The van der Waals surface area contributed by atoms with Gasteiger partial charge < -0.3 is 14.4 Å². The zero-order valence-electron chi connectivity index (χ0n) is 19.5. The second-order valence-electron chi connectivity index (χ2n) is 8.48. The van der Waals surface area contributed by atoms with Gasteiger partial charge >= 0.3 is 5.97 Å². The molecule has 0 N–H and O–H groups in total. The molecule has 0 aliphatic carbocycles. The van der Waals surface area contributed by atoms with Gasteiger partial charge in [0.05, 0.1) is 32.2 Å². The number of rotatable bonds is 7. The van der Waals surface area contributed by atoms with E-state index in [0.29, 0.717) is 16.3 Å². The summed E-state index contributed by atoms with van der Waals surface area (Å²) in [7, 11) is 2.81. The molecule has 1 saturated heterocycles. The van der Waals surface area contributed by atoms with E-state index >= 15 is 0 Å². The number of hydrogen-bond acceptors (Lipinski definition) is 5. The number of esters is 1. The number of hydrogen-bond donors (Lipinski definition) is 0. The molecule has 1 heterocycles. The van der Waals surface area contributed by atoms with Crippen LogP contribution in [0.1, 0.15) is 22.7 Å². The van der Waals surface area contributed by atoms with Gasteiger partial charge in [-0.05, 0) is 47.4 Å². The summed E-state index contributed by atoms with van der Waals surface area (Å²) in [6.07, 6.45) is 0.228. The van der Waals surface area contributed by atoms with Gasteiger partial charge in [0, 0.05) is 11.6 Å². The van der Waals surface area contributed by atoms with Crippen molar-refractivity contribution >= 4 is 23.5 Å². The lowest BCUT2D eigenvalue weighted by Gasteiger charge is -2.33. The van der Waals surface area contributed by atoms with E-state index < -0.39 is 23.3 Å². The second-order valence-corrected chi connectivity index (χ2v) is 8.92. The number of nitriles is 1. The minimum Gasteiger partial charge on any atom is -0.497 e. The molecule has 3 atom stereocenters. The third kappa shape index (κ3) is 4.48. The van der Waals surface area contributed by atoms with Gasteiger partial charge in [-0.1, -0.05) is 66.2 Å². The summed E-state index contributed by atoms with van der Waals surface area (Å²) in [6, 6.07) is 25.0. The molecule has 1 fully saturated rings. The van der Waals surface area contributed by atoms with Crippen LogP contribution in [0.4, 0.5) is 0 Å². The van der Waals surface area contributed by atoms with Crippen LogP contribution in [-0.4, -0.2) is 31.0 Å². The van der Waals surface area contributed by atoms with Crippen LogP contribution in [0.2, 0.25) is 5.02 Å². The smallest absolute Gasteiger partial charge is 0.329 e. The maximum Gasteiger partial charge on any atom is 0.329 e. The summed E-state index contributed by atoms with van der Waals surface area (Å²) in [6.45, 7) is 0.207. The van der Waals surface area contributed by atoms with Crippen LogP contribution in [-0.2, 0) is 27.3 Å². The van der Waals surface area contributed by atoms with Crippen molar-refractivity contribution in [3.8, 4) is 11.8 Å². The molecule has 3 aromatic rings. The lowest BCUT2D eigenvalue weighted by Crippen LogP contribution is -2.42. The van der Waals surface area contributed by atoms with Gasteiger partial charge in [-0.15, -0.1) is 0 Å². The summed E-state index contributed by atoms with van der Waals surface area (Å²) in [5.74, 6) is -1.31. The Hall–Kier alpha value is -3.82. The van der Waals surface area contributed by atoms with Crippen LogP contribution in [0.3, 0.4) is 0 Å². The molecule has 35 heavy (non-hydrogen) atoms. The highest BCUT2D eigenvalue weighted by atomic mass is 35.5. The molecule has 0 spiro atoms. The Morgan fingerprint density at radius 3 is 2.23 bits per heavy atom. The van der Waals surface area contributed by atoms with E-state index in [0.717, 1.165) is 11.1 Å². The second kappa shape index (κ2) is 10.2. The van der Waals surface area contributed by atoms with Crippen molar-refractivity contribution in [1.82, 2.24) is 4.90 Å². The van der Waals surface area contributed by atoms with Crippen molar-refractivity contribution in [2.75, 3.05) is 14.2 Å². The Kier molecular flexibility index (Phi) is 7.09. The van der Waals surface area contributed by atoms with Crippen LogP contribution < -0.4 is 4.74 Å². The van der Waals surface area contributed by atoms with E-state index in [1.807, 2.05) is 42.5 Å². The molecular formula is C28H25ClN2O4. The Morgan fingerprint density at radius 2 is 1.66 bits per heavy atom. The zero-order chi connectivity index (χ0) is 25.0. The largest absolute Gasteiger partial charge is 0.497 e. The van der Waals surface area contributed by atoms with Gasteiger partial charge in [0.1, 0.15) is 5.75 Å². The normalized spacial score (nSPS) is 21.4. The highest BCUT2D eigenvalue weighted by Gasteiger charge is 2.65. The maximum absolute atomic E-state index is 14.0. The van der Waals surface area contributed by atoms with Crippen molar-refractivity contribution in [3.05, 3.63) is 101 Å². The Balaban J connectivity index is 1.88. The minimum atomic E-state index is -1.75. The highest BCUT2D eigenvalue weighted by molar-refractivity contribution is 6.30. The molecule has 0 bridgehead atoms. The molecule has 0 unspecified atom stereocenters. The summed E-state index contributed by atoms with van der Waals surface area (Å²) in [5, 5.41) is 11.1. The van der Waals surface area contributed by atoms with Crippen molar-refractivity contribution in [3.63, 3.8) is 0 Å². The molecule has 6 nitrogen and oxygen atoms in total. The lowest BCUT2D eigenvalue weighted by atomic mass is 9.69. The van der Waals surface area contributed by atoms with Crippen molar-refractivity contribution in [2.45, 2.75) is 19.0 Å². The molecular weight excluding hydrogens is 464 g/mol. The summed E-state index contributed by atoms with van der Waals surface area (Å²) < 4.78 is 10.5. The Morgan fingerprint density at radius 1 is 1.00 bits per heavy atom. The first kappa shape index (κ1) is 24.3. The van der Waals surface area contributed by atoms with Gasteiger partial charge in [-0.2, -0.15) is 5.26 Å². The average Bonchev–Trinajstić information content (AvgIpc) is 3.13. The molecule has 4 rings (SSSR count). The number of amides is 1. The predicted octanol–water partition coefficient (Wildman–Crippen LogP) is 4.97. The number of carbonyl (C=O) groups excluding carboxylic acids is 2. The van der Waals surface area contributed by atoms with Crippen LogP contribution >= 0.6 is 11.6 Å². The van der Waals surface area contributed by atoms with E-state index in [4.69, 9.17) is 21.1 Å². The Bertz CT molecular complexity index is 1240. The number of methoxy groups -OCH3 is 2. The van der Waals surface area contributed by atoms with Crippen molar-refractivity contribution in [2.24, 2.45) is 11.3 Å². The molecule has 7 heteroatoms. The molecule has 1 aliphatic rings. The third-order valence-electron chi connectivity index (χ3n) is 6.56. The van der Waals surface area contributed by atoms with Gasteiger partial charge in [0.15, 0.2) is 5.41 Å². The minimum absolute atomic E-state index is 0.207. The highest BCUT2D eigenvalue weighted by Crippen LogP contribution is 2.53. The van der Waals surface area contributed by atoms with E-state index in [2.05, 4.69) is 6.07 Å². The summed E-state index contributed by atoms with van der Waals surface area (Å²) in [4.78, 5) is 29.0. The number of likely N-dealkylation sites (tertiary alicyclic amines) is 1. The number of carbonyl (C=O) groups is 2. The number of ether oxygens (including phenoxy) is 2. The number of benzene rings is 3. The fourth-order valence-corrected chi connectivity index (χ4v) is 4.97. The first-order chi connectivity index (χ1) is 16.9. The van der Waals surface area contributed by atoms with Gasteiger partial charge in [-0.25, -0.2) is 0 Å². The zero-order valence-corrected chi connectivity index (χ0v) is 20.2. The van der Waals surface area contributed by atoms with E-state index in [-0.39, 0.29) is 18.9 Å². The van der Waals surface area contributed by atoms with Crippen LogP contribution in [0.5, 0.6) is 5.75 Å². The Labute approximate surface area is 209 Å². The molecule has 0 aromatic heterocycles. The van der Waals surface area contributed by atoms with E-state index in [1.165, 1.54) is 7.11 Å². The van der Waals surface area contributed by atoms with Crippen LogP contribution in [0, 0.1) is 22.7 Å². The van der Waals surface area contributed by atoms with Crippen molar-refractivity contribution in [1.29, 1.82) is 5.26 Å². The number of halogens is 1. The first-order valence-corrected chi connectivity index (χ1v) is 11.5. The molecule has 3 aromatic carbocycles. The van der Waals surface area contributed by atoms with Gasteiger partial charge in [-0.3, -0.25) is 9.59 Å². The molecule has 1 aliphatic heterocycles. The van der Waals surface area contributed by atoms with Crippen molar-refractivity contribution < 1.29 is 19.1 Å². The fourth-order valence-electron chi connectivity index (χ4n) is 4.85. The molecule has 1 amide bonds. The van der Waals surface area contributed by atoms with Gasteiger partial charge in [0.2, 0.25) is 5.91 Å². The fraction of sp³-hybridized carbons (Fsp3) is 0.250. The molecule has 0 saturated carbocycles. The standard InChI is InChI=1S/C28H25ClN2O4/c1-34-23-14-10-21(11-15-23)25-28(18-30,27(33)35-2)24(16-19-6-4-3-5-7-19)26(32)31(25)17-20-8-12-22(29)13-9-20/h3-15,24-25H,16-17H2,1-2H3/t24-,25-,28-/m1/s1. The quantitative estimate of drug-likeness (QED) is 0.438. The average molecular weight is 489 g/mol. The van der Waals surface area contributed by atoms with E-state index in [9.17, 15) is 14.9 Å². The van der Waals surface area contributed by atoms with Crippen LogP contribution in [0.25, 0.3) is 0 Å². The SMILES string of the molecule is COC(=O)[C@]1(C#N)[C@H](Cc2ccccc2)C(=O)N(Cc2ccc(Cl)cc2)[C@@H]1c1ccc(OC)cc1. The first-order valence-electron chi connectivity index (χ1n) is 11.2. The predicted molar refractivity (Wildman–Crippen MR) is 131 cm³/mol. The summed E-state index contributed by atoms with van der Waals surface area (Å²) >= 11 is 6.06. The maximum atomic E-state index is 14.0. The topological polar surface area (TPSA) is 79.6 Å². The monoisotopic (exact) mass is 488 g/mol. The summed E-state index contributed by atoms with van der Waals surface area (Å²) in [5.41, 5.74) is 0.591. The molecule has 0 radical (unpaired) electrons. The van der Waals surface area contributed by atoms with Gasteiger partial charge in [0.25, 0.3) is 0 Å². The van der Waals surface area contributed by atoms with E-state index in [1.54, 1.807) is 48.4 Å². The molecule has 178 valence electrons. The number of nitrogens with zero attached hydrogens (tertiary/aromatic N) is 2. The lowest BCUT2D eigenvalue weighted by molar-refractivity contribution is -0.153.